The molecule has 73 heavy (non-hydrogen) atoms. The molecule has 3 aliphatic heterocycles. The molecule has 0 radical (unpaired) electrons. The summed E-state index contributed by atoms with van der Waals surface area (Å²) < 4.78 is 7.66. The Morgan fingerprint density at radius 3 is 1.05 bits per heavy atom. The van der Waals surface area contributed by atoms with Gasteiger partial charge in [-0.15, -0.1) is 0 Å². The van der Waals surface area contributed by atoms with Gasteiger partial charge in [0, 0.05) is 65.6 Å². The van der Waals surface area contributed by atoms with Gasteiger partial charge >= 0.3 is 0 Å². The van der Waals surface area contributed by atoms with E-state index in [-0.39, 0.29) is 23.0 Å². The van der Waals surface area contributed by atoms with Crippen LogP contribution in [0, 0.1) is 0 Å². The average Bonchev–Trinajstić information content (AvgIpc) is 4.07. The molecule has 0 unspecified atom stereocenters. The topological polar surface area (TPSA) is 14.8 Å². The molecule has 6 heterocycles. The lowest BCUT2D eigenvalue weighted by Crippen LogP contribution is -2.71. The number of para-hydroxylation sites is 5. The minimum atomic E-state index is -0.216. The van der Waals surface area contributed by atoms with E-state index in [1.165, 1.54) is 115 Å². The lowest BCUT2D eigenvalue weighted by Gasteiger charge is -2.52. The van der Waals surface area contributed by atoms with Gasteiger partial charge in [-0.2, -0.15) is 0 Å². The van der Waals surface area contributed by atoms with Crippen molar-refractivity contribution in [2.24, 2.45) is 0 Å². The number of benzene rings is 10. The summed E-state index contributed by atoms with van der Waals surface area (Å²) in [5.74, 6) is 0. The van der Waals surface area contributed by atoms with Gasteiger partial charge in [0.2, 0.25) is 6.71 Å². The molecule has 13 aromatic rings. The molecule has 16 rings (SSSR count). The molecule has 10 aromatic carbocycles. The van der Waals surface area contributed by atoms with E-state index < -0.39 is 0 Å². The Kier molecular flexibility index (Phi) is 7.92. The van der Waals surface area contributed by atoms with Crippen molar-refractivity contribution in [3.63, 3.8) is 0 Å². The van der Waals surface area contributed by atoms with Crippen LogP contribution in [0.3, 0.4) is 0 Å². The summed E-state index contributed by atoms with van der Waals surface area (Å²) in [5, 5.41) is 7.49. The van der Waals surface area contributed by atoms with Gasteiger partial charge in [0.05, 0.1) is 33.1 Å². The molecule has 0 spiro atoms. The molecule has 0 atom stereocenters. The van der Waals surface area contributed by atoms with Crippen molar-refractivity contribution in [1.29, 1.82) is 0 Å². The third kappa shape index (κ3) is 5.06. The standard InChI is InChI=1S/C69H52BN3/c1-67(2)49-30-20-32-51-61(49)70-62-50(67)31-21-33-52(62)69(5,6)54-40-42(39-53(63(54)70)68(51,3)4)41-36-37-57-48(38-41)60-65-58(47-29-17-19-35-56(47)72(65)44-24-12-8-13-25-44)64-59(66(60)73(57)45-26-14-9-15-27-45)46-28-16-18-34-55(46)71(64)43-22-10-7-11-23-43/h7-40H,1-6H3. The molecule has 0 saturated heterocycles. The highest BCUT2D eigenvalue weighted by atomic mass is 15.0. The van der Waals surface area contributed by atoms with Crippen molar-refractivity contribution in [3.8, 4) is 28.2 Å². The highest BCUT2D eigenvalue weighted by Gasteiger charge is 2.54. The van der Waals surface area contributed by atoms with E-state index >= 15 is 0 Å². The number of fused-ring (bicyclic) bond motifs is 12. The van der Waals surface area contributed by atoms with Crippen molar-refractivity contribution in [2.75, 3.05) is 0 Å². The number of nitrogens with zero attached hydrogens (tertiary/aromatic N) is 3. The number of rotatable bonds is 4. The molecule has 3 aromatic heterocycles. The van der Waals surface area contributed by atoms with Crippen LogP contribution in [0.1, 0.15) is 74.9 Å². The lowest BCUT2D eigenvalue weighted by molar-refractivity contribution is 0.599. The van der Waals surface area contributed by atoms with Crippen LogP contribution in [-0.2, 0) is 16.2 Å². The Morgan fingerprint density at radius 1 is 0.288 bits per heavy atom. The maximum absolute atomic E-state index is 2.59. The zero-order valence-electron chi connectivity index (χ0n) is 42.0. The van der Waals surface area contributed by atoms with E-state index in [9.17, 15) is 0 Å². The van der Waals surface area contributed by atoms with Crippen LogP contribution in [0.4, 0.5) is 0 Å². The third-order valence-electron chi connectivity index (χ3n) is 18.1. The van der Waals surface area contributed by atoms with E-state index in [0.29, 0.717) is 0 Å². The Morgan fingerprint density at radius 2 is 0.630 bits per heavy atom. The molecule has 0 amide bonds. The first kappa shape index (κ1) is 41.3. The van der Waals surface area contributed by atoms with Crippen LogP contribution in [-0.4, -0.2) is 20.4 Å². The average molecular weight is 934 g/mol. The second-order valence-electron chi connectivity index (χ2n) is 22.8. The van der Waals surface area contributed by atoms with Gasteiger partial charge in [0.1, 0.15) is 0 Å². The smallest absolute Gasteiger partial charge is 0.243 e. The summed E-state index contributed by atoms with van der Waals surface area (Å²) in [6, 6.07) is 78.2. The molecule has 0 bridgehead atoms. The minimum absolute atomic E-state index is 0.0949. The van der Waals surface area contributed by atoms with Gasteiger partial charge in [0.15, 0.2) is 0 Å². The second-order valence-corrected chi connectivity index (χ2v) is 22.8. The Bertz CT molecular complexity index is 4430. The Balaban J connectivity index is 1.09. The van der Waals surface area contributed by atoms with E-state index in [4.69, 9.17) is 0 Å². The maximum atomic E-state index is 2.59. The monoisotopic (exact) mass is 933 g/mol. The Labute approximate surface area is 425 Å². The van der Waals surface area contributed by atoms with E-state index in [1.807, 2.05) is 0 Å². The fourth-order valence-corrected chi connectivity index (χ4v) is 14.9. The van der Waals surface area contributed by atoms with Crippen LogP contribution >= 0.6 is 0 Å². The molecular formula is C69H52BN3. The summed E-state index contributed by atoms with van der Waals surface area (Å²) in [6.45, 7) is 15.1. The van der Waals surface area contributed by atoms with Gasteiger partial charge in [0.25, 0.3) is 0 Å². The van der Waals surface area contributed by atoms with Crippen molar-refractivity contribution >= 4 is 88.5 Å². The highest BCUT2D eigenvalue weighted by molar-refractivity contribution is 6.98. The Hall–Kier alpha value is -8.34. The number of hydrogen-bond acceptors (Lipinski definition) is 0. The van der Waals surface area contributed by atoms with Gasteiger partial charge in [-0.25, -0.2) is 0 Å². The second kappa shape index (κ2) is 14.0. The first-order valence-electron chi connectivity index (χ1n) is 26.1. The number of aromatic nitrogens is 3. The molecule has 0 N–H and O–H groups in total. The zero-order chi connectivity index (χ0) is 48.9. The minimum Gasteiger partial charge on any atom is -0.308 e. The lowest BCUT2D eigenvalue weighted by atomic mass is 9.23. The van der Waals surface area contributed by atoms with Crippen LogP contribution in [0.25, 0.3) is 93.6 Å². The van der Waals surface area contributed by atoms with Gasteiger partial charge in [-0.3, -0.25) is 0 Å². The fraction of sp³-hybridized carbons (Fsp3) is 0.130. The molecule has 0 fully saturated rings. The highest BCUT2D eigenvalue weighted by Crippen LogP contribution is 2.52. The molecular weight excluding hydrogens is 882 g/mol. The van der Waals surface area contributed by atoms with E-state index in [2.05, 4.69) is 262 Å². The van der Waals surface area contributed by atoms with Crippen molar-refractivity contribution in [2.45, 2.75) is 57.8 Å². The van der Waals surface area contributed by atoms with E-state index in [1.54, 1.807) is 10.9 Å². The van der Waals surface area contributed by atoms with Crippen LogP contribution in [0.2, 0.25) is 0 Å². The van der Waals surface area contributed by atoms with Crippen LogP contribution in [0.5, 0.6) is 0 Å². The predicted octanol–water partition coefficient (Wildman–Crippen LogP) is 15.1. The number of hydrogen-bond donors (Lipinski definition) is 0. The van der Waals surface area contributed by atoms with E-state index in [0.717, 1.165) is 17.1 Å². The van der Waals surface area contributed by atoms with Crippen LogP contribution in [0.15, 0.2) is 206 Å². The normalized spacial score (nSPS) is 15.6. The summed E-state index contributed by atoms with van der Waals surface area (Å²) in [5.41, 5.74) is 26.1. The largest absolute Gasteiger partial charge is 0.308 e. The van der Waals surface area contributed by atoms with Crippen molar-refractivity contribution in [3.05, 3.63) is 240 Å². The molecule has 0 saturated carbocycles. The zero-order valence-corrected chi connectivity index (χ0v) is 42.0. The summed E-state index contributed by atoms with van der Waals surface area (Å²) in [6.07, 6.45) is 0. The summed E-state index contributed by atoms with van der Waals surface area (Å²) >= 11 is 0. The molecule has 4 heteroatoms. The first-order valence-corrected chi connectivity index (χ1v) is 26.1. The van der Waals surface area contributed by atoms with Gasteiger partial charge < -0.3 is 13.7 Å². The van der Waals surface area contributed by atoms with Crippen molar-refractivity contribution < 1.29 is 0 Å². The summed E-state index contributed by atoms with van der Waals surface area (Å²) in [7, 11) is 0. The molecule has 346 valence electrons. The molecule has 3 aliphatic rings. The predicted molar refractivity (Wildman–Crippen MR) is 309 cm³/mol. The molecule has 3 nitrogen and oxygen atoms in total. The van der Waals surface area contributed by atoms with Crippen molar-refractivity contribution in [1.82, 2.24) is 13.7 Å². The first-order chi connectivity index (χ1) is 35.5. The van der Waals surface area contributed by atoms with Gasteiger partial charge in [-0.05, 0) is 105 Å². The third-order valence-corrected chi connectivity index (χ3v) is 18.1. The SMILES string of the molecule is CC1(C)c2cccc3c2B2c4c1cccc4C(C)(C)c1cc(-c4ccc5c(c4)c4c6c(c7ccccc7n6-c6ccccc6)c6c(c7ccccc7n6-c6ccccc6)c4n5-c4ccccc4)cc(c12)C3(C)C. The maximum Gasteiger partial charge on any atom is 0.243 e. The fourth-order valence-electron chi connectivity index (χ4n) is 14.9. The van der Waals surface area contributed by atoms with Gasteiger partial charge in [-0.1, -0.05) is 204 Å². The summed E-state index contributed by atoms with van der Waals surface area (Å²) in [4.78, 5) is 0. The van der Waals surface area contributed by atoms with Crippen LogP contribution < -0.4 is 16.4 Å². The molecule has 0 aliphatic carbocycles. The quantitative estimate of drug-likeness (QED) is 0.156.